The molecule has 0 saturated carbocycles. The number of fused-ring (bicyclic) bond motifs is 1. The molecule has 9 nitrogen and oxygen atoms in total. The van der Waals surface area contributed by atoms with Crippen LogP contribution >= 0.6 is 23.2 Å². The number of amides is 1. The third-order valence-corrected chi connectivity index (χ3v) is 7.33. The van der Waals surface area contributed by atoms with Crippen LogP contribution in [-0.2, 0) is 16.1 Å². The normalized spacial score (nSPS) is 14.6. The van der Waals surface area contributed by atoms with Gasteiger partial charge in [0.05, 0.1) is 40.7 Å². The minimum atomic E-state index is -0.307. The van der Waals surface area contributed by atoms with Crippen molar-refractivity contribution in [3.63, 3.8) is 0 Å². The maximum atomic E-state index is 12.8. The zero-order valence-corrected chi connectivity index (χ0v) is 25.8. The summed E-state index contributed by atoms with van der Waals surface area (Å²) in [7, 11) is 3.84. The van der Waals surface area contributed by atoms with Crippen molar-refractivity contribution in [2.75, 3.05) is 44.5 Å². The maximum absolute atomic E-state index is 12.8. The molecule has 1 aliphatic rings. The Morgan fingerprint density at radius 1 is 1.16 bits per heavy atom. The third-order valence-electron chi connectivity index (χ3n) is 6.78. The minimum Gasteiger partial charge on any atom is -0.487 e. The summed E-state index contributed by atoms with van der Waals surface area (Å²) in [5.41, 5.74) is 3.45. The smallest absolute Gasteiger partial charge is 0.248 e. The zero-order valence-electron chi connectivity index (χ0n) is 24.3. The van der Waals surface area contributed by atoms with Gasteiger partial charge in [0.1, 0.15) is 30.3 Å². The lowest BCUT2D eigenvalue weighted by atomic mass is 10.1. The molecular formula is C33H31Cl2N5O4. The maximum Gasteiger partial charge on any atom is 0.248 e. The molecule has 0 aliphatic carbocycles. The van der Waals surface area contributed by atoms with Gasteiger partial charge in [-0.3, -0.25) is 9.78 Å². The van der Waals surface area contributed by atoms with Crippen LogP contribution in [0.2, 0.25) is 10.0 Å². The first-order valence-electron chi connectivity index (χ1n) is 14.0. The topological polar surface area (TPSA) is 109 Å². The van der Waals surface area contributed by atoms with Crippen LogP contribution in [0.15, 0.2) is 72.9 Å². The molecule has 44 heavy (non-hydrogen) atoms. The van der Waals surface area contributed by atoms with Gasteiger partial charge in [-0.25, -0.2) is 0 Å². The number of aromatic nitrogens is 1. The van der Waals surface area contributed by atoms with Gasteiger partial charge >= 0.3 is 0 Å². The van der Waals surface area contributed by atoms with E-state index in [1.54, 1.807) is 42.5 Å². The first kappa shape index (κ1) is 31.1. The first-order chi connectivity index (χ1) is 21.3. The van der Waals surface area contributed by atoms with Gasteiger partial charge in [-0.05, 0) is 56.1 Å². The molecule has 1 fully saturated rings. The average molecular weight is 633 g/mol. The summed E-state index contributed by atoms with van der Waals surface area (Å²) in [6.45, 7) is 2.01. The highest BCUT2D eigenvalue weighted by Crippen LogP contribution is 2.38. The Morgan fingerprint density at radius 3 is 2.68 bits per heavy atom. The number of carbonyl (C=O) groups is 1. The van der Waals surface area contributed by atoms with Crippen molar-refractivity contribution in [2.45, 2.75) is 19.1 Å². The van der Waals surface area contributed by atoms with Gasteiger partial charge in [0, 0.05) is 47.4 Å². The molecule has 1 aliphatic heterocycles. The van der Waals surface area contributed by atoms with Crippen LogP contribution < -0.4 is 20.1 Å². The summed E-state index contributed by atoms with van der Waals surface area (Å²) in [6.07, 6.45) is 5.35. The summed E-state index contributed by atoms with van der Waals surface area (Å²) in [4.78, 5) is 19.3. The number of likely N-dealkylation sites (N-methyl/N-ethyl adjacent to an activating group) is 1. The molecule has 1 aromatic heterocycles. The fourth-order valence-electron chi connectivity index (χ4n) is 4.55. The number of hydrogen-bond acceptors (Lipinski definition) is 8. The first-order valence-corrected chi connectivity index (χ1v) is 14.7. The van der Waals surface area contributed by atoms with Gasteiger partial charge in [-0.2, -0.15) is 5.26 Å². The van der Waals surface area contributed by atoms with E-state index < -0.39 is 0 Å². The van der Waals surface area contributed by atoms with Gasteiger partial charge in [0.25, 0.3) is 0 Å². The Balaban J connectivity index is 1.44. The SMILES string of the molecule is CN(C)CC=CC(=O)Nc1cc2c(Nc3ccc(OCc4ccc(Cl)cc4)c(Cl)c3)c(C#N)cnc2cc1O[C@H]1CCOC1. The molecule has 3 aromatic carbocycles. The lowest BCUT2D eigenvalue weighted by Crippen LogP contribution is -2.18. The van der Waals surface area contributed by atoms with Crippen LogP contribution in [0.4, 0.5) is 17.1 Å². The van der Waals surface area contributed by atoms with Crippen molar-refractivity contribution in [3.8, 4) is 17.6 Å². The highest BCUT2D eigenvalue weighted by molar-refractivity contribution is 6.32. The molecule has 0 unspecified atom stereocenters. The van der Waals surface area contributed by atoms with E-state index in [2.05, 4.69) is 21.7 Å². The van der Waals surface area contributed by atoms with Gasteiger partial charge in [-0.15, -0.1) is 0 Å². The van der Waals surface area contributed by atoms with Gasteiger partial charge in [-0.1, -0.05) is 41.4 Å². The molecule has 226 valence electrons. The largest absolute Gasteiger partial charge is 0.487 e. The molecule has 0 bridgehead atoms. The van der Waals surface area contributed by atoms with E-state index in [-0.39, 0.29) is 12.0 Å². The molecule has 4 aromatic rings. The minimum absolute atomic E-state index is 0.147. The molecule has 0 radical (unpaired) electrons. The lowest BCUT2D eigenvalue weighted by Gasteiger charge is -2.19. The summed E-state index contributed by atoms with van der Waals surface area (Å²) in [6, 6.07) is 18.4. The number of nitrogens with one attached hydrogen (secondary N) is 2. The van der Waals surface area contributed by atoms with Crippen molar-refractivity contribution in [1.29, 1.82) is 5.26 Å². The number of halogens is 2. The van der Waals surface area contributed by atoms with E-state index in [1.165, 1.54) is 12.3 Å². The highest BCUT2D eigenvalue weighted by Gasteiger charge is 2.21. The Hall–Kier alpha value is -4.33. The average Bonchev–Trinajstić information content (AvgIpc) is 3.51. The lowest BCUT2D eigenvalue weighted by molar-refractivity contribution is -0.111. The van der Waals surface area contributed by atoms with Crippen LogP contribution in [0, 0.1) is 11.3 Å². The molecule has 1 amide bonds. The Morgan fingerprint density at radius 2 is 1.98 bits per heavy atom. The van der Waals surface area contributed by atoms with E-state index in [1.807, 2.05) is 37.2 Å². The monoisotopic (exact) mass is 631 g/mol. The number of nitriles is 1. The fraction of sp³-hybridized carbons (Fsp3) is 0.242. The number of carbonyl (C=O) groups excluding carboxylic acids is 1. The number of pyridine rings is 1. The number of ether oxygens (including phenoxy) is 3. The van der Waals surface area contributed by atoms with Crippen molar-refractivity contribution in [1.82, 2.24) is 9.88 Å². The summed E-state index contributed by atoms with van der Waals surface area (Å²) < 4.78 is 17.6. The number of rotatable bonds is 11. The van der Waals surface area contributed by atoms with Gasteiger partial charge in [0.15, 0.2) is 0 Å². The van der Waals surface area contributed by atoms with Crippen molar-refractivity contribution in [3.05, 3.63) is 94.1 Å². The van der Waals surface area contributed by atoms with E-state index in [9.17, 15) is 10.1 Å². The Labute approximate surface area is 265 Å². The second kappa shape index (κ2) is 14.4. The van der Waals surface area contributed by atoms with Crippen LogP contribution in [0.3, 0.4) is 0 Å². The number of anilines is 3. The molecule has 2 N–H and O–H groups in total. The van der Waals surface area contributed by atoms with Crippen molar-refractivity contribution < 1.29 is 19.0 Å². The summed E-state index contributed by atoms with van der Waals surface area (Å²) >= 11 is 12.5. The highest BCUT2D eigenvalue weighted by atomic mass is 35.5. The molecule has 0 spiro atoms. The Bertz CT molecular complexity index is 1710. The number of hydrogen-bond donors (Lipinski definition) is 2. The van der Waals surface area contributed by atoms with Crippen molar-refractivity contribution >= 4 is 57.1 Å². The number of benzene rings is 3. The molecule has 2 heterocycles. The van der Waals surface area contributed by atoms with E-state index >= 15 is 0 Å². The third kappa shape index (κ3) is 7.98. The standard InChI is InChI=1S/C33H31Cl2N5O4/c1-40(2)12-3-4-32(41)39-29-15-26-28(16-31(29)44-25-11-13-42-20-25)37-18-22(17-36)33(26)38-24-9-10-30(27(35)14-24)43-19-21-5-7-23(34)8-6-21/h3-10,14-16,18,25H,11-13,19-20H2,1-2H3,(H,37,38)(H,39,41)/t25-/m0/s1. The van der Waals surface area contributed by atoms with Crippen LogP contribution in [0.1, 0.15) is 17.5 Å². The summed E-state index contributed by atoms with van der Waals surface area (Å²) in [5.74, 6) is 0.673. The predicted octanol–water partition coefficient (Wildman–Crippen LogP) is 6.96. The second-order valence-corrected chi connectivity index (χ2v) is 11.3. The predicted molar refractivity (Wildman–Crippen MR) is 173 cm³/mol. The van der Waals surface area contributed by atoms with Crippen LogP contribution in [0.25, 0.3) is 10.9 Å². The molecule has 5 rings (SSSR count). The van der Waals surface area contributed by atoms with Crippen LogP contribution in [0.5, 0.6) is 11.5 Å². The van der Waals surface area contributed by atoms with Gasteiger partial charge < -0.3 is 29.7 Å². The van der Waals surface area contributed by atoms with Crippen molar-refractivity contribution in [2.24, 2.45) is 0 Å². The number of nitrogens with zero attached hydrogens (tertiary/aromatic N) is 3. The molecule has 1 atom stereocenters. The van der Waals surface area contributed by atoms with E-state index in [0.29, 0.717) is 81.4 Å². The van der Waals surface area contributed by atoms with E-state index in [4.69, 9.17) is 37.4 Å². The summed E-state index contributed by atoms with van der Waals surface area (Å²) in [5, 5.41) is 17.9. The van der Waals surface area contributed by atoms with Gasteiger partial charge in [0.2, 0.25) is 5.91 Å². The quantitative estimate of drug-likeness (QED) is 0.171. The molecule has 1 saturated heterocycles. The molecule has 11 heteroatoms. The molecular weight excluding hydrogens is 601 g/mol. The Kier molecular flexibility index (Phi) is 10.2. The van der Waals surface area contributed by atoms with Crippen LogP contribution in [-0.4, -0.2) is 55.7 Å². The second-order valence-electron chi connectivity index (χ2n) is 10.5. The fourth-order valence-corrected chi connectivity index (χ4v) is 4.91. The van der Waals surface area contributed by atoms with E-state index in [0.717, 1.165) is 12.0 Å². The zero-order chi connectivity index (χ0) is 31.1.